The van der Waals surface area contributed by atoms with E-state index in [9.17, 15) is 22.0 Å². The van der Waals surface area contributed by atoms with E-state index in [-0.39, 0.29) is 5.56 Å². The average Bonchev–Trinajstić information content (AvgIpc) is 2.38. The van der Waals surface area contributed by atoms with Crippen molar-refractivity contribution in [3.8, 4) is 17.9 Å². The van der Waals surface area contributed by atoms with Gasteiger partial charge < -0.3 is 0 Å². The highest BCUT2D eigenvalue weighted by Gasteiger charge is 2.60. The van der Waals surface area contributed by atoms with Gasteiger partial charge in [-0.15, -0.1) is 0 Å². The fraction of sp³-hybridized carbons (Fsp3) is 0.214. The number of rotatable bonds is 1. The lowest BCUT2D eigenvalue weighted by Crippen LogP contribution is -2.38. The van der Waals surface area contributed by atoms with E-state index in [1.807, 2.05) is 0 Å². The van der Waals surface area contributed by atoms with E-state index in [1.165, 1.54) is 18.2 Å². The summed E-state index contributed by atoms with van der Waals surface area (Å²) in [6.45, 7) is 0.870. The van der Waals surface area contributed by atoms with Crippen LogP contribution in [0.2, 0.25) is 0 Å². The van der Waals surface area contributed by atoms with E-state index in [1.54, 1.807) is 24.1 Å². The third-order valence-electron chi connectivity index (χ3n) is 2.32. The van der Waals surface area contributed by atoms with Gasteiger partial charge in [0.25, 0.3) is 0 Å². The molecule has 0 N–H and O–H groups in total. The quantitative estimate of drug-likeness (QED) is 0.433. The second-order valence-electron chi connectivity index (χ2n) is 3.80. The van der Waals surface area contributed by atoms with Gasteiger partial charge in [-0.2, -0.15) is 27.2 Å². The summed E-state index contributed by atoms with van der Waals surface area (Å²) in [4.78, 5) is 0. The molecular weight excluding hydrogens is 277 g/mol. The molecule has 0 amide bonds. The number of alkyl halides is 5. The van der Waals surface area contributed by atoms with E-state index in [0.29, 0.717) is 0 Å². The Balaban J connectivity index is 3.34. The van der Waals surface area contributed by atoms with E-state index >= 15 is 0 Å². The summed E-state index contributed by atoms with van der Waals surface area (Å²) in [6, 6.07) is 8.96. The molecule has 1 nitrogen and oxygen atoms in total. The van der Waals surface area contributed by atoms with Crippen LogP contribution in [0, 0.1) is 23.2 Å². The van der Waals surface area contributed by atoms with E-state index in [2.05, 4.69) is 5.92 Å². The monoisotopic (exact) mass is 285 g/mol. The highest BCUT2D eigenvalue weighted by Crippen LogP contribution is 2.41. The molecule has 0 radical (unpaired) electrons. The fourth-order valence-corrected chi connectivity index (χ4v) is 1.26. The van der Waals surface area contributed by atoms with Crippen LogP contribution in [-0.2, 0) is 0 Å². The molecule has 0 heterocycles. The lowest BCUT2D eigenvalue weighted by atomic mass is 10.0. The maximum absolute atomic E-state index is 13.3. The van der Waals surface area contributed by atoms with Crippen molar-refractivity contribution in [3.05, 3.63) is 47.0 Å². The molecule has 0 unspecified atom stereocenters. The van der Waals surface area contributed by atoms with Crippen LogP contribution in [0.4, 0.5) is 22.0 Å². The van der Waals surface area contributed by atoms with Crippen LogP contribution < -0.4 is 0 Å². The number of halogens is 5. The normalized spacial score (nSPS) is 12.8. The molecule has 0 saturated carbocycles. The maximum atomic E-state index is 13.3. The summed E-state index contributed by atoms with van der Waals surface area (Å²) in [6.07, 6.45) is -5.80. The molecule has 0 fully saturated rings. The molecule has 6 heteroatoms. The molecule has 20 heavy (non-hydrogen) atoms. The Morgan fingerprint density at radius 1 is 1.05 bits per heavy atom. The van der Waals surface area contributed by atoms with Gasteiger partial charge >= 0.3 is 12.1 Å². The van der Waals surface area contributed by atoms with Crippen LogP contribution in [-0.4, -0.2) is 12.1 Å². The molecule has 0 spiro atoms. The van der Waals surface area contributed by atoms with Crippen LogP contribution in [0.15, 0.2) is 41.5 Å². The summed E-state index contributed by atoms with van der Waals surface area (Å²) in [7, 11) is 0. The largest absolute Gasteiger partial charge is 0.458 e. The first kappa shape index (κ1) is 15.7. The summed E-state index contributed by atoms with van der Waals surface area (Å²) in [5.74, 6) is -1.19. The summed E-state index contributed by atoms with van der Waals surface area (Å²) in [5.41, 5.74) is -2.03. The Morgan fingerprint density at radius 2 is 1.60 bits per heavy atom. The predicted molar refractivity (Wildman–Crippen MR) is 62.6 cm³/mol. The lowest BCUT2D eigenvalue weighted by molar-refractivity contribution is -0.262. The number of nitriles is 1. The van der Waals surface area contributed by atoms with Crippen LogP contribution in [0.1, 0.15) is 12.5 Å². The van der Waals surface area contributed by atoms with Crippen molar-refractivity contribution in [2.45, 2.75) is 19.0 Å². The van der Waals surface area contributed by atoms with E-state index in [0.717, 1.165) is 6.92 Å². The first-order valence-corrected chi connectivity index (χ1v) is 5.33. The highest BCUT2D eigenvalue weighted by molar-refractivity contribution is 5.48. The standard InChI is InChI=1S/C14H8F5N/c1-10(9-20)12(13(15,16)14(17,18)19)8-7-11-5-3-2-4-6-11/h2-6H,1H3/b12-10-. The molecule has 0 atom stereocenters. The molecular formula is C14H8F5N. The minimum absolute atomic E-state index is 0.272. The second-order valence-corrected chi connectivity index (χ2v) is 3.80. The second kappa shape index (κ2) is 5.75. The van der Waals surface area contributed by atoms with E-state index in [4.69, 9.17) is 5.26 Å². The van der Waals surface area contributed by atoms with Gasteiger partial charge in [0.15, 0.2) is 0 Å². The molecule has 1 aromatic carbocycles. The van der Waals surface area contributed by atoms with Crippen molar-refractivity contribution in [3.63, 3.8) is 0 Å². The summed E-state index contributed by atoms with van der Waals surface area (Å²) in [5, 5.41) is 8.56. The van der Waals surface area contributed by atoms with Gasteiger partial charge in [-0.05, 0) is 19.1 Å². The number of hydrogen-bond donors (Lipinski definition) is 0. The van der Waals surface area contributed by atoms with Gasteiger partial charge in [-0.25, -0.2) is 0 Å². The van der Waals surface area contributed by atoms with Crippen LogP contribution in [0.3, 0.4) is 0 Å². The SMILES string of the molecule is C/C(C#N)=C(\C#Cc1ccccc1)C(F)(F)C(F)(F)F. The zero-order chi connectivity index (χ0) is 15.4. The summed E-state index contributed by atoms with van der Waals surface area (Å²) >= 11 is 0. The summed E-state index contributed by atoms with van der Waals surface area (Å²) < 4.78 is 63.6. The van der Waals surface area contributed by atoms with Crippen molar-refractivity contribution in [1.29, 1.82) is 5.26 Å². The Morgan fingerprint density at radius 3 is 2.05 bits per heavy atom. The molecule has 0 aliphatic carbocycles. The zero-order valence-electron chi connectivity index (χ0n) is 10.2. The maximum Gasteiger partial charge on any atom is 0.458 e. The molecule has 1 rings (SSSR count). The molecule has 0 saturated heterocycles. The Bertz CT molecular complexity index is 609. The molecule has 104 valence electrons. The van der Waals surface area contributed by atoms with Gasteiger partial charge in [0.1, 0.15) is 0 Å². The Hall–Kier alpha value is -2.34. The van der Waals surface area contributed by atoms with Crippen LogP contribution in [0.5, 0.6) is 0 Å². The predicted octanol–water partition coefficient (Wildman–Crippen LogP) is 4.08. The van der Waals surface area contributed by atoms with Gasteiger partial charge in [0.2, 0.25) is 0 Å². The first-order chi connectivity index (χ1) is 9.20. The van der Waals surface area contributed by atoms with Crippen molar-refractivity contribution in [2.75, 3.05) is 0 Å². The fourth-order valence-electron chi connectivity index (χ4n) is 1.26. The van der Waals surface area contributed by atoms with Gasteiger partial charge in [0, 0.05) is 11.1 Å². The molecule has 0 aromatic heterocycles. The smallest absolute Gasteiger partial charge is 0.193 e. The van der Waals surface area contributed by atoms with E-state index < -0.39 is 23.2 Å². The third kappa shape index (κ3) is 3.36. The molecule has 0 aliphatic rings. The number of hydrogen-bond acceptors (Lipinski definition) is 1. The minimum atomic E-state index is -5.80. The zero-order valence-corrected chi connectivity index (χ0v) is 10.2. The number of nitrogens with zero attached hydrogens (tertiary/aromatic N) is 1. The number of benzene rings is 1. The average molecular weight is 285 g/mol. The van der Waals surface area contributed by atoms with Crippen LogP contribution in [0.25, 0.3) is 0 Å². The Labute approximate surface area is 112 Å². The van der Waals surface area contributed by atoms with Crippen molar-refractivity contribution in [1.82, 2.24) is 0 Å². The van der Waals surface area contributed by atoms with Crippen molar-refractivity contribution in [2.24, 2.45) is 0 Å². The van der Waals surface area contributed by atoms with Crippen LogP contribution >= 0.6 is 0 Å². The lowest BCUT2D eigenvalue weighted by Gasteiger charge is -2.19. The molecule has 0 aliphatic heterocycles. The number of allylic oxidation sites excluding steroid dienone is 2. The van der Waals surface area contributed by atoms with Crippen molar-refractivity contribution < 1.29 is 22.0 Å². The molecule has 1 aromatic rings. The van der Waals surface area contributed by atoms with Gasteiger partial charge in [-0.3, -0.25) is 0 Å². The van der Waals surface area contributed by atoms with Gasteiger partial charge in [0.05, 0.1) is 11.6 Å². The topological polar surface area (TPSA) is 23.8 Å². The third-order valence-corrected chi connectivity index (χ3v) is 2.32. The first-order valence-electron chi connectivity index (χ1n) is 5.33. The Kier molecular flexibility index (Phi) is 4.52. The van der Waals surface area contributed by atoms with Crippen molar-refractivity contribution >= 4 is 0 Å². The highest BCUT2D eigenvalue weighted by atomic mass is 19.4. The van der Waals surface area contributed by atoms with Gasteiger partial charge in [-0.1, -0.05) is 30.0 Å². The minimum Gasteiger partial charge on any atom is -0.193 e. The molecule has 0 bridgehead atoms.